The van der Waals surface area contributed by atoms with Crippen molar-refractivity contribution in [3.63, 3.8) is 0 Å². The number of ketones is 1. The monoisotopic (exact) mass is 235 g/mol. The molecule has 1 amide bonds. The fourth-order valence-corrected chi connectivity index (χ4v) is 0.641. The van der Waals surface area contributed by atoms with Crippen molar-refractivity contribution in [2.24, 2.45) is 5.10 Å². The minimum atomic E-state index is -4.91. The number of rotatable bonds is 4. The Morgan fingerprint density at radius 3 is 2.44 bits per heavy atom. The summed E-state index contributed by atoms with van der Waals surface area (Å²) in [5.74, 6) is -2.69. The predicted octanol–water partition coefficient (Wildman–Crippen LogP) is 0.914. The Bertz CT molecular complexity index is 355. The van der Waals surface area contributed by atoms with E-state index in [-0.39, 0.29) is 5.71 Å². The van der Waals surface area contributed by atoms with E-state index in [9.17, 15) is 22.8 Å². The molecule has 0 radical (unpaired) electrons. The van der Waals surface area contributed by atoms with Crippen LogP contribution in [0.3, 0.4) is 0 Å². The molecule has 0 spiro atoms. The van der Waals surface area contributed by atoms with Crippen LogP contribution in [-0.4, -0.2) is 23.6 Å². The molecule has 0 saturated carbocycles. The largest absolute Gasteiger partial charge is 0.450 e. The number of hydrogen-bond donors (Lipinski definition) is 1. The van der Waals surface area contributed by atoms with E-state index in [2.05, 4.69) is 5.10 Å². The molecule has 16 heavy (non-hydrogen) atoms. The topological polar surface area (TPSA) is 82.3 Å². The minimum Gasteiger partial charge on any atom is -0.289 e. The average molecular weight is 235 g/mol. The number of halogens is 3. The fraction of sp³-hybridized carbons (Fsp3) is 0.500. The second kappa shape index (κ2) is 5.85. The maximum atomic E-state index is 11.8. The van der Waals surface area contributed by atoms with Gasteiger partial charge in [0.2, 0.25) is 5.78 Å². The predicted molar refractivity (Wildman–Crippen MR) is 47.2 cm³/mol. The first-order chi connectivity index (χ1) is 7.27. The number of hydrazone groups is 1. The Morgan fingerprint density at radius 1 is 1.44 bits per heavy atom. The summed E-state index contributed by atoms with van der Waals surface area (Å²) in [5, 5.41) is 11.3. The maximum absolute atomic E-state index is 11.8. The van der Waals surface area contributed by atoms with Gasteiger partial charge in [-0.15, -0.1) is 0 Å². The second-order valence-electron chi connectivity index (χ2n) is 2.81. The lowest BCUT2D eigenvalue weighted by Crippen LogP contribution is -2.26. The molecule has 0 rings (SSSR count). The van der Waals surface area contributed by atoms with Gasteiger partial charge in [-0.3, -0.25) is 9.59 Å². The summed E-state index contributed by atoms with van der Waals surface area (Å²) in [4.78, 5) is 21.2. The van der Waals surface area contributed by atoms with Gasteiger partial charge in [-0.05, 0) is 6.92 Å². The first kappa shape index (κ1) is 14.1. The van der Waals surface area contributed by atoms with Crippen molar-refractivity contribution in [2.75, 3.05) is 0 Å². The minimum absolute atomic E-state index is 0.186. The van der Waals surface area contributed by atoms with Crippen LogP contribution < -0.4 is 5.43 Å². The number of Topliss-reactive ketones (excluding diaryl/α,β-unsaturated/α-hetero) is 1. The van der Waals surface area contributed by atoms with Crippen LogP contribution in [0.25, 0.3) is 0 Å². The third-order valence-corrected chi connectivity index (χ3v) is 1.34. The van der Waals surface area contributed by atoms with E-state index in [0.29, 0.717) is 0 Å². The molecule has 0 unspecified atom stereocenters. The van der Waals surface area contributed by atoms with Gasteiger partial charge in [-0.2, -0.15) is 23.5 Å². The molecule has 0 aromatic rings. The van der Waals surface area contributed by atoms with E-state index in [1.807, 2.05) is 5.43 Å². The first-order valence-corrected chi connectivity index (χ1v) is 4.06. The van der Waals surface area contributed by atoms with Gasteiger partial charge in [-0.1, -0.05) is 0 Å². The van der Waals surface area contributed by atoms with Gasteiger partial charge in [0.25, 0.3) is 5.91 Å². The summed E-state index contributed by atoms with van der Waals surface area (Å²) in [5.41, 5.74) is 1.66. The standard InChI is InChI=1S/C8H8F3N3O2/c1-5(4-6(15)8(9,10)11)13-14-7(16)2-3-12/h2,4H2,1H3,(H,14,16)/b13-5+. The van der Waals surface area contributed by atoms with Gasteiger partial charge in [0.05, 0.1) is 12.5 Å². The number of alkyl halides is 3. The highest BCUT2D eigenvalue weighted by atomic mass is 19.4. The van der Waals surface area contributed by atoms with E-state index in [1.54, 1.807) is 0 Å². The molecule has 8 heteroatoms. The third-order valence-electron chi connectivity index (χ3n) is 1.34. The number of amides is 1. The van der Waals surface area contributed by atoms with Gasteiger partial charge >= 0.3 is 6.18 Å². The van der Waals surface area contributed by atoms with Crippen LogP contribution in [0.5, 0.6) is 0 Å². The molecule has 5 nitrogen and oxygen atoms in total. The van der Waals surface area contributed by atoms with E-state index in [4.69, 9.17) is 5.26 Å². The summed E-state index contributed by atoms with van der Waals surface area (Å²) in [6, 6.07) is 1.53. The van der Waals surface area contributed by atoms with Crippen LogP contribution in [0, 0.1) is 11.3 Å². The molecule has 0 aliphatic rings. The lowest BCUT2D eigenvalue weighted by molar-refractivity contribution is -0.169. The van der Waals surface area contributed by atoms with Crippen LogP contribution in [0.15, 0.2) is 5.10 Å². The van der Waals surface area contributed by atoms with Crippen molar-refractivity contribution in [2.45, 2.75) is 25.9 Å². The molecule has 0 aromatic carbocycles. The first-order valence-electron chi connectivity index (χ1n) is 4.06. The molecular weight excluding hydrogens is 227 g/mol. The van der Waals surface area contributed by atoms with Crippen LogP contribution in [-0.2, 0) is 9.59 Å². The normalized spacial score (nSPS) is 11.8. The van der Waals surface area contributed by atoms with Crippen molar-refractivity contribution >= 4 is 17.4 Å². The molecule has 88 valence electrons. The second-order valence-corrected chi connectivity index (χ2v) is 2.81. The molecule has 1 N–H and O–H groups in total. The van der Waals surface area contributed by atoms with Crippen molar-refractivity contribution in [1.82, 2.24) is 5.43 Å². The lowest BCUT2D eigenvalue weighted by atomic mass is 10.2. The highest BCUT2D eigenvalue weighted by Gasteiger charge is 2.37. The van der Waals surface area contributed by atoms with E-state index in [0.717, 1.165) is 6.92 Å². The van der Waals surface area contributed by atoms with Crippen molar-refractivity contribution in [1.29, 1.82) is 5.26 Å². The van der Waals surface area contributed by atoms with Crippen molar-refractivity contribution in [3.8, 4) is 6.07 Å². The zero-order valence-electron chi connectivity index (χ0n) is 8.26. The molecule has 0 aromatic heterocycles. The smallest absolute Gasteiger partial charge is 0.289 e. The zero-order chi connectivity index (χ0) is 12.8. The van der Waals surface area contributed by atoms with Crippen LogP contribution >= 0.6 is 0 Å². The summed E-state index contributed by atoms with van der Waals surface area (Å²) in [6.45, 7) is 1.16. The van der Waals surface area contributed by atoms with Gasteiger partial charge in [0.1, 0.15) is 6.42 Å². The third kappa shape index (κ3) is 5.74. The van der Waals surface area contributed by atoms with Crippen molar-refractivity contribution < 1.29 is 22.8 Å². The Morgan fingerprint density at radius 2 is 2.00 bits per heavy atom. The Hall–Kier alpha value is -1.91. The molecule has 0 aliphatic heterocycles. The SMILES string of the molecule is C/C(CC(=O)C(F)(F)F)=N\NC(=O)CC#N. The van der Waals surface area contributed by atoms with Gasteiger partial charge < -0.3 is 0 Å². The highest BCUT2D eigenvalue weighted by molar-refractivity contribution is 6.03. The lowest BCUT2D eigenvalue weighted by Gasteiger charge is -2.04. The quantitative estimate of drug-likeness (QED) is 0.580. The van der Waals surface area contributed by atoms with Gasteiger partial charge in [-0.25, -0.2) is 5.43 Å². The number of nitriles is 1. The Labute approximate surface area is 88.9 Å². The maximum Gasteiger partial charge on any atom is 0.450 e. The summed E-state index contributed by atoms with van der Waals surface area (Å²) < 4.78 is 35.4. The molecule has 0 heterocycles. The Kier molecular flexibility index (Phi) is 5.15. The number of carbonyl (C=O) groups is 2. The molecule has 0 aliphatic carbocycles. The summed E-state index contributed by atoms with van der Waals surface area (Å²) in [6.07, 6.45) is -6.28. The number of nitrogens with one attached hydrogen (secondary N) is 1. The fourth-order valence-electron chi connectivity index (χ4n) is 0.641. The molecule has 0 atom stereocenters. The molecule has 0 saturated heterocycles. The van der Waals surface area contributed by atoms with E-state index >= 15 is 0 Å². The van der Waals surface area contributed by atoms with Crippen molar-refractivity contribution in [3.05, 3.63) is 0 Å². The van der Waals surface area contributed by atoms with E-state index < -0.39 is 30.7 Å². The summed E-state index contributed by atoms with van der Waals surface area (Å²) >= 11 is 0. The molecule has 0 fully saturated rings. The Balaban J connectivity index is 4.22. The average Bonchev–Trinajstić information content (AvgIpc) is 2.13. The zero-order valence-corrected chi connectivity index (χ0v) is 8.26. The van der Waals surface area contributed by atoms with Gasteiger partial charge in [0, 0.05) is 5.71 Å². The van der Waals surface area contributed by atoms with Crippen LogP contribution in [0.1, 0.15) is 19.8 Å². The van der Waals surface area contributed by atoms with Crippen LogP contribution in [0.4, 0.5) is 13.2 Å². The number of nitrogens with zero attached hydrogens (tertiary/aromatic N) is 2. The molecular formula is C8H8F3N3O2. The molecule has 0 bridgehead atoms. The summed E-state index contributed by atoms with van der Waals surface area (Å²) in [7, 11) is 0. The highest BCUT2D eigenvalue weighted by Crippen LogP contribution is 2.17. The van der Waals surface area contributed by atoms with Crippen LogP contribution in [0.2, 0.25) is 0 Å². The number of hydrogen-bond acceptors (Lipinski definition) is 4. The van der Waals surface area contributed by atoms with Gasteiger partial charge in [0.15, 0.2) is 0 Å². The number of carbonyl (C=O) groups excluding carboxylic acids is 2. The van der Waals surface area contributed by atoms with E-state index in [1.165, 1.54) is 6.07 Å².